The van der Waals surface area contributed by atoms with Crippen molar-refractivity contribution in [2.75, 3.05) is 26.3 Å². The van der Waals surface area contributed by atoms with Crippen molar-refractivity contribution in [3.63, 3.8) is 0 Å². The van der Waals surface area contributed by atoms with E-state index in [1.165, 1.54) is 6.07 Å². The van der Waals surface area contributed by atoms with Crippen LogP contribution in [0.5, 0.6) is 0 Å². The van der Waals surface area contributed by atoms with E-state index in [1.807, 2.05) is 13.0 Å². The third-order valence-electron chi connectivity index (χ3n) is 3.55. The van der Waals surface area contributed by atoms with Gasteiger partial charge in [0.05, 0.1) is 19.3 Å². The SMILES string of the molecule is Cc1ccc(F)c(C(CN)N2CCOCC2C)c1. The monoisotopic (exact) mass is 252 g/mol. The van der Waals surface area contributed by atoms with Gasteiger partial charge in [-0.3, -0.25) is 4.90 Å². The molecule has 2 N–H and O–H groups in total. The maximum absolute atomic E-state index is 14.0. The Morgan fingerprint density at radius 2 is 2.33 bits per heavy atom. The maximum Gasteiger partial charge on any atom is 0.128 e. The molecule has 1 aromatic rings. The zero-order valence-electron chi connectivity index (χ0n) is 11.0. The van der Waals surface area contributed by atoms with Gasteiger partial charge in [0.25, 0.3) is 0 Å². The van der Waals surface area contributed by atoms with Crippen molar-refractivity contribution in [3.8, 4) is 0 Å². The molecule has 0 spiro atoms. The third-order valence-corrected chi connectivity index (χ3v) is 3.55. The van der Waals surface area contributed by atoms with Gasteiger partial charge in [-0.2, -0.15) is 0 Å². The number of morpholine rings is 1. The van der Waals surface area contributed by atoms with Crippen molar-refractivity contribution in [1.82, 2.24) is 4.90 Å². The van der Waals surface area contributed by atoms with Crippen LogP contribution in [0.25, 0.3) is 0 Å². The van der Waals surface area contributed by atoms with Crippen molar-refractivity contribution in [1.29, 1.82) is 0 Å². The van der Waals surface area contributed by atoms with Crippen LogP contribution in [0.2, 0.25) is 0 Å². The number of benzene rings is 1. The normalized spacial score (nSPS) is 23.0. The van der Waals surface area contributed by atoms with Crippen LogP contribution in [0.15, 0.2) is 18.2 Å². The molecule has 0 aromatic heterocycles. The van der Waals surface area contributed by atoms with Crippen molar-refractivity contribution in [3.05, 3.63) is 35.1 Å². The molecule has 3 nitrogen and oxygen atoms in total. The molecule has 2 unspecified atom stereocenters. The number of halogens is 1. The van der Waals surface area contributed by atoms with E-state index in [0.717, 1.165) is 12.1 Å². The summed E-state index contributed by atoms with van der Waals surface area (Å²) >= 11 is 0. The molecule has 1 fully saturated rings. The van der Waals surface area contributed by atoms with E-state index in [1.54, 1.807) is 6.07 Å². The number of nitrogens with two attached hydrogens (primary N) is 1. The van der Waals surface area contributed by atoms with Crippen molar-refractivity contribution < 1.29 is 9.13 Å². The van der Waals surface area contributed by atoms with Crippen LogP contribution < -0.4 is 5.73 Å². The summed E-state index contributed by atoms with van der Waals surface area (Å²) in [5.41, 5.74) is 7.63. The second kappa shape index (κ2) is 5.78. The molecular formula is C14H21FN2O. The number of ether oxygens (including phenoxy) is 1. The number of rotatable bonds is 3. The smallest absolute Gasteiger partial charge is 0.128 e. The largest absolute Gasteiger partial charge is 0.379 e. The van der Waals surface area contributed by atoms with Crippen LogP contribution in [-0.2, 0) is 4.74 Å². The minimum atomic E-state index is -0.172. The molecule has 1 heterocycles. The van der Waals surface area contributed by atoms with Crippen LogP contribution in [0.4, 0.5) is 4.39 Å². The van der Waals surface area contributed by atoms with Crippen molar-refractivity contribution >= 4 is 0 Å². The van der Waals surface area contributed by atoms with Crippen LogP contribution in [0.1, 0.15) is 24.1 Å². The van der Waals surface area contributed by atoms with Crippen LogP contribution in [0, 0.1) is 12.7 Å². The highest BCUT2D eigenvalue weighted by Gasteiger charge is 2.28. The van der Waals surface area contributed by atoms with Gasteiger partial charge in [0.2, 0.25) is 0 Å². The number of hydrogen-bond acceptors (Lipinski definition) is 3. The van der Waals surface area contributed by atoms with Crippen molar-refractivity contribution in [2.24, 2.45) is 5.73 Å². The summed E-state index contributed by atoms with van der Waals surface area (Å²) in [4.78, 5) is 2.24. The van der Waals surface area contributed by atoms with E-state index in [0.29, 0.717) is 25.3 Å². The summed E-state index contributed by atoms with van der Waals surface area (Å²) in [6.07, 6.45) is 0. The third kappa shape index (κ3) is 2.71. The Bertz CT molecular complexity index is 411. The fraction of sp³-hybridized carbons (Fsp3) is 0.571. The molecule has 2 atom stereocenters. The first-order chi connectivity index (χ1) is 8.63. The van der Waals surface area contributed by atoms with E-state index < -0.39 is 0 Å². The zero-order chi connectivity index (χ0) is 13.1. The number of hydrogen-bond donors (Lipinski definition) is 1. The second-order valence-electron chi connectivity index (χ2n) is 4.94. The first-order valence-electron chi connectivity index (χ1n) is 6.43. The van der Waals surface area contributed by atoms with Gasteiger partial charge in [0.15, 0.2) is 0 Å². The number of aryl methyl sites for hydroxylation is 1. The minimum Gasteiger partial charge on any atom is -0.379 e. The van der Waals surface area contributed by atoms with Gasteiger partial charge in [-0.1, -0.05) is 17.7 Å². The molecular weight excluding hydrogens is 231 g/mol. The summed E-state index contributed by atoms with van der Waals surface area (Å²) in [7, 11) is 0. The van der Waals surface area contributed by atoms with Gasteiger partial charge < -0.3 is 10.5 Å². The van der Waals surface area contributed by atoms with E-state index >= 15 is 0 Å². The molecule has 0 radical (unpaired) electrons. The van der Waals surface area contributed by atoms with Crippen molar-refractivity contribution in [2.45, 2.75) is 25.9 Å². The summed E-state index contributed by atoms with van der Waals surface area (Å²) in [5, 5.41) is 0. The molecule has 0 saturated carbocycles. The lowest BCUT2D eigenvalue weighted by Crippen LogP contribution is -2.47. The molecule has 0 amide bonds. The van der Waals surface area contributed by atoms with E-state index in [4.69, 9.17) is 10.5 Å². The summed E-state index contributed by atoms with van der Waals surface area (Å²) in [6.45, 7) is 6.66. The first-order valence-corrected chi connectivity index (χ1v) is 6.43. The number of nitrogens with zero attached hydrogens (tertiary/aromatic N) is 1. The lowest BCUT2D eigenvalue weighted by Gasteiger charge is -2.39. The Balaban J connectivity index is 2.29. The second-order valence-corrected chi connectivity index (χ2v) is 4.94. The quantitative estimate of drug-likeness (QED) is 0.892. The zero-order valence-corrected chi connectivity index (χ0v) is 11.0. The average molecular weight is 252 g/mol. The van der Waals surface area contributed by atoms with E-state index in [9.17, 15) is 4.39 Å². The summed E-state index contributed by atoms with van der Waals surface area (Å²) in [5.74, 6) is -0.172. The topological polar surface area (TPSA) is 38.5 Å². The summed E-state index contributed by atoms with van der Waals surface area (Å²) < 4.78 is 19.4. The highest BCUT2D eigenvalue weighted by Crippen LogP contribution is 2.26. The molecule has 18 heavy (non-hydrogen) atoms. The first kappa shape index (κ1) is 13.5. The highest BCUT2D eigenvalue weighted by molar-refractivity contribution is 5.27. The van der Waals surface area contributed by atoms with Gasteiger partial charge in [0, 0.05) is 24.7 Å². The predicted molar refractivity (Wildman–Crippen MR) is 69.9 cm³/mol. The van der Waals surface area contributed by atoms with E-state index in [-0.39, 0.29) is 17.9 Å². The molecule has 1 aromatic carbocycles. The Morgan fingerprint density at radius 3 is 3.00 bits per heavy atom. The van der Waals surface area contributed by atoms with Gasteiger partial charge in [0.1, 0.15) is 5.82 Å². The van der Waals surface area contributed by atoms with Crippen LogP contribution in [-0.4, -0.2) is 37.2 Å². The molecule has 2 rings (SSSR count). The molecule has 100 valence electrons. The van der Waals surface area contributed by atoms with Gasteiger partial charge in [-0.15, -0.1) is 0 Å². The Kier molecular flexibility index (Phi) is 4.32. The van der Waals surface area contributed by atoms with E-state index in [2.05, 4.69) is 11.8 Å². The standard InChI is InChI=1S/C14H21FN2O/c1-10-3-4-13(15)12(7-10)14(8-16)17-5-6-18-9-11(17)2/h3-4,7,11,14H,5-6,8-9,16H2,1-2H3. The Morgan fingerprint density at radius 1 is 1.56 bits per heavy atom. The highest BCUT2D eigenvalue weighted by atomic mass is 19.1. The molecule has 1 saturated heterocycles. The fourth-order valence-corrected chi connectivity index (χ4v) is 2.56. The molecule has 1 aliphatic heterocycles. The van der Waals surface area contributed by atoms with Gasteiger partial charge in [-0.05, 0) is 19.9 Å². The van der Waals surface area contributed by atoms with Crippen LogP contribution in [0.3, 0.4) is 0 Å². The van der Waals surface area contributed by atoms with Crippen LogP contribution >= 0.6 is 0 Å². The fourth-order valence-electron chi connectivity index (χ4n) is 2.56. The lowest BCUT2D eigenvalue weighted by molar-refractivity contribution is -0.0215. The molecule has 0 aliphatic carbocycles. The minimum absolute atomic E-state index is 0.0659. The maximum atomic E-state index is 14.0. The Labute approximate surface area is 108 Å². The van der Waals surface area contributed by atoms with Gasteiger partial charge >= 0.3 is 0 Å². The molecule has 4 heteroatoms. The predicted octanol–water partition coefficient (Wildman–Crippen LogP) is 1.85. The van der Waals surface area contributed by atoms with Gasteiger partial charge in [-0.25, -0.2) is 4.39 Å². The molecule has 0 bridgehead atoms. The Hall–Kier alpha value is -0.970. The summed E-state index contributed by atoms with van der Waals surface area (Å²) in [6, 6.07) is 5.42. The molecule has 1 aliphatic rings. The lowest BCUT2D eigenvalue weighted by atomic mass is 10.0. The average Bonchev–Trinajstić information content (AvgIpc) is 2.36.